The molecule has 0 fully saturated rings. The van der Waals surface area contributed by atoms with Gasteiger partial charge in [-0.05, 0) is 37.4 Å². The van der Waals surface area contributed by atoms with E-state index in [1.54, 1.807) is 6.07 Å². The van der Waals surface area contributed by atoms with Crippen molar-refractivity contribution in [3.8, 4) is 5.06 Å². The van der Waals surface area contributed by atoms with E-state index >= 15 is 0 Å². The van der Waals surface area contributed by atoms with Crippen LogP contribution in [0.1, 0.15) is 12.5 Å². The van der Waals surface area contributed by atoms with Crippen LogP contribution in [0.5, 0.6) is 5.06 Å². The molecule has 1 aromatic heterocycles. The van der Waals surface area contributed by atoms with Crippen LogP contribution in [0.2, 0.25) is 0 Å². The fraction of sp³-hybridized carbons (Fsp3) is 0.333. The summed E-state index contributed by atoms with van der Waals surface area (Å²) in [5, 5.41) is 4.34. The average molecular weight is 301 g/mol. The summed E-state index contributed by atoms with van der Waals surface area (Å²) in [5.74, 6) is 0. The lowest BCUT2D eigenvalue weighted by Gasteiger charge is -2.09. The minimum absolute atomic E-state index is 0.238. The molecule has 1 aromatic carbocycles. The lowest BCUT2D eigenvalue weighted by atomic mass is 10.1. The van der Waals surface area contributed by atoms with Crippen molar-refractivity contribution in [2.24, 2.45) is 0 Å². The lowest BCUT2D eigenvalue weighted by molar-refractivity contribution is 0.286. The van der Waals surface area contributed by atoms with Gasteiger partial charge in [0.15, 0.2) is 5.06 Å². The van der Waals surface area contributed by atoms with Gasteiger partial charge in [0.1, 0.15) is 0 Å². The lowest BCUT2D eigenvalue weighted by Crippen LogP contribution is -2.23. The molecule has 3 N–H and O–H groups in total. The average Bonchev–Trinajstić information content (AvgIpc) is 2.67. The van der Waals surface area contributed by atoms with E-state index in [4.69, 9.17) is 9.79 Å². The number of hydrogen-bond donors (Lipinski definition) is 3. The predicted molar refractivity (Wildman–Crippen MR) is 76.7 cm³/mol. The summed E-state index contributed by atoms with van der Waals surface area (Å²) in [5.41, 5.74) is 1.18. The Balaban J connectivity index is 2.26. The van der Waals surface area contributed by atoms with Crippen molar-refractivity contribution in [2.75, 3.05) is 7.05 Å². The van der Waals surface area contributed by atoms with Gasteiger partial charge in [-0.3, -0.25) is 9.79 Å². The first-order chi connectivity index (χ1) is 8.87. The molecule has 19 heavy (non-hydrogen) atoms. The second-order valence-electron chi connectivity index (χ2n) is 4.41. The maximum Gasteiger partial charge on any atom is 0.525 e. The summed E-state index contributed by atoms with van der Waals surface area (Å²) >= 11 is 1.24. The number of hydrogen-bond acceptors (Lipinski definition) is 4. The van der Waals surface area contributed by atoms with Gasteiger partial charge >= 0.3 is 7.82 Å². The van der Waals surface area contributed by atoms with Crippen LogP contribution < -0.4 is 9.84 Å². The summed E-state index contributed by atoms with van der Waals surface area (Å²) in [6.07, 6.45) is 0.902. The van der Waals surface area contributed by atoms with Crippen molar-refractivity contribution >= 4 is 29.2 Å². The Morgan fingerprint density at radius 3 is 2.79 bits per heavy atom. The first kappa shape index (κ1) is 14.5. The van der Waals surface area contributed by atoms with E-state index < -0.39 is 7.82 Å². The quantitative estimate of drug-likeness (QED) is 0.740. The zero-order valence-corrected chi connectivity index (χ0v) is 12.4. The smallest absolute Gasteiger partial charge is 0.394 e. The van der Waals surface area contributed by atoms with Crippen molar-refractivity contribution in [2.45, 2.75) is 19.4 Å². The Labute approximate surface area is 115 Å². The molecule has 1 unspecified atom stereocenters. The van der Waals surface area contributed by atoms with E-state index in [1.165, 1.54) is 16.9 Å². The van der Waals surface area contributed by atoms with Crippen LogP contribution in [0.4, 0.5) is 0 Å². The molecule has 1 atom stereocenters. The monoisotopic (exact) mass is 301 g/mol. The van der Waals surface area contributed by atoms with E-state index in [-0.39, 0.29) is 5.06 Å². The van der Waals surface area contributed by atoms with E-state index in [2.05, 4.69) is 16.8 Å². The van der Waals surface area contributed by atoms with Gasteiger partial charge < -0.3 is 9.84 Å². The van der Waals surface area contributed by atoms with Gasteiger partial charge in [-0.2, -0.15) is 0 Å². The number of likely N-dealkylation sites (N-methyl/N-ethyl adjacent to an activating group) is 1. The third-order valence-electron chi connectivity index (χ3n) is 2.81. The van der Waals surface area contributed by atoms with E-state index in [0.717, 1.165) is 16.5 Å². The molecule has 0 aliphatic heterocycles. The summed E-state index contributed by atoms with van der Waals surface area (Å²) in [6.45, 7) is 2.10. The van der Waals surface area contributed by atoms with E-state index in [1.807, 2.05) is 25.2 Å². The van der Waals surface area contributed by atoms with Crippen LogP contribution in [0.3, 0.4) is 0 Å². The zero-order valence-electron chi connectivity index (χ0n) is 10.7. The third-order valence-corrected chi connectivity index (χ3v) is 4.34. The molecule has 0 saturated carbocycles. The molecule has 0 aliphatic rings. The molecule has 2 rings (SSSR count). The van der Waals surface area contributed by atoms with E-state index in [9.17, 15) is 4.57 Å². The fourth-order valence-corrected chi connectivity index (χ4v) is 3.38. The SMILES string of the molecule is CNC(C)Cc1ccc2cc(OP(=O)(O)O)sc2c1. The van der Waals surface area contributed by atoms with Gasteiger partial charge in [0.25, 0.3) is 0 Å². The van der Waals surface area contributed by atoms with Crippen LogP contribution in [-0.2, 0) is 11.0 Å². The van der Waals surface area contributed by atoms with E-state index in [0.29, 0.717) is 6.04 Å². The van der Waals surface area contributed by atoms with Crippen molar-refractivity contribution in [3.63, 3.8) is 0 Å². The normalized spacial score (nSPS) is 13.7. The number of rotatable bonds is 5. The molecule has 0 amide bonds. The molecular weight excluding hydrogens is 285 g/mol. The highest BCUT2D eigenvalue weighted by Gasteiger charge is 2.17. The third kappa shape index (κ3) is 4.03. The first-order valence-electron chi connectivity index (χ1n) is 5.82. The molecule has 0 bridgehead atoms. The highest BCUT2D eigenvalue weighted by molar-refractivity contribution is 7.47. The summed E-state index contributed by atoms with van der Waals surface area (Å²) in [4.78, 5) is 17.6. The van der Waals surface area contributed by atoms with Gasteiger partial charge in [-0.1, -0.05) is 23.5 Å². The Hall–Kier alpha value is -0.910. The topological polar surface area (TPSA) is 78.8 Å². The van der Waals surface area contributed by atoms with Gasteiger partial charge in [0.2, 0.25) is 0 Å². The zero-order chi connectivity index (χ0) is 14.0. The van der Waals surface area contributed by atoms with Crippen LogP contribution in [0, 0.1) is 0 Å². The number of phosphoric acid groups is 1. The number of fused-ring (bicyclic) bond motifs is 1. The second kappa shape index (κ2) is 5.61. The molecular formula is C12H16NO4PS. The second-order valence-corrected chi connectivity index (χ2v) is 6.62. The molecule has 0 aliphatic carbocycles. The maximum absolute atomic E-state index is 10.8. The van der Waals surface area contributed by atoms with Crippen LogP contribution in [0.25, 0.3) is 10.1 Å². The standard InChI is InChI=1S/C12H16NO4PS/c1-8(13-2)5-9-3-4-10-7-12(17-18(14,15)16)19-11(10)6-9/h3-4,6-8,13H,5H2,1-2H3,(H2,14,15,16). The largest absolute Gasteiger partial charge is 0.525 e. The highest BCUT2D eigenvalue weighted by atomic mass is 32.1. The molecule has 104 valence electrons. The predicted octanol–water partition coefficient (Wildman–Crippen LogP) is 2.52. The van der Waals surface area contributed by atoms with Crippen molar-refractivity contribution < 1.29 is 18.9 Å². The van der Waals surface area contributed by atoms with Crippen LogP contribution in [0.15, 0.2) is 24.3 Å². The Bertz CT molecular complexity index is 621. The van der Waals surface area contributed by atoms with Gasteiger partial charge in [-0.25, -0.2) is 4.57 Å². The molecule has 5 nitrogen and oxygen atoms in total. The van der Waals surface area contributed by atoms with Crippen LogP contribution >= 0.6 is 19.2 Å². The number of benzene rings is 1. The Morgan fingerprint density at radius 1 is 1.42 bits per heavy atom. The Kier molecular flexibility index (Phi) is 4.28. The number of phosphoric ester groups is 1. The van der Waals surface area contributed by atoms with Crippen molar-refractivity contribution in [3.05, 3.63) is 29.8 Å². The van der Waals surface area contributed by atoms with Gasteiger partial charge in [0, 0.05) is 16.8 Å². The maximum atomic E-state index is 10.8. The summed E-state index contributed by atoms with van der Waals surface area (Å²) in [7, 11) is -2.56. The molecule has 0 saturated heterocycles. The fourth-order valence-electron chi connectivity index (χ4n) is 1.80. The molecule has 0 radical (unpaired) electrons. The number of thiophene rings is 1. The van der Waals surface area contributed by atoms with Crippen LogP contribution in [-0.4, -0.2) is 22.9 Å². The number of nitrogens with one attached hydrogen (secondary N) is 1. The minimum atomic E-state index is -4.48. The van der Waals surface area contributed by atoms with Gasteiger partial charge in [-0.15, -0.1) is 0 Å². The first-order valence-corrected chi connectivity index (χ1v) is 8.17. The highest BCUT2D eigenvalue weighted by Crippen LogP contribution is 2.43. The summed E-state index contributed by atoms with van der Waals surface area (Å²) in [6, 6.07) is 8.01. The molecule has 1 heterocycles. The van der Waals surface area contributed by atoms with Gasteiger partial charge in [0.05, 0.1) is 0 Å². The van der Waals surface area contributed by atoms with Crippen molar-refractivity contribution in [1.82, 2.24) is 5.32 Å². The Morgan fingerprint density at radius 2 is 2.16 bits per heavy atom. The minimum Gasteiger partial charge on any atom is -0.394 e. The van der Waals surface area contributed by atoms with Crippen molar-refractivity contribution in [1.29, 1.82) is 0 Å². The molecule has 2 aromatic rings. The molecule has 0 spiro atoms. The summed E-state index contributed by atoms with van der Waals surface area (Å²) < 4.78 is 16.4. The molecule has 7 heteroatoms.